The van der Waals surface area contributed by atoms with Gasteiger partial charge in [0.1, 0.15) is 11.9 Å². The molecule has 0 bridgehead atoms. The van der Waals surface area contributed by atoms with Gasteiger partial charge in [-0.3, -0.25) is 4.79 Å². The zero-order chi connectivity index (χ0) is 36.1. The molecule has 0 fully saturated rings. The van der Waals surface area contributed by atoms with E-state index >= 15 is 0 Å². The number of aliphatic hydroxyl groups excluding tert-OH is 1. The molecule has 49 heavy (non-hydrogen) atoms. The van der Waals surface area contributed by atoms with Crippen molar-refractivity contribution in [3.8, 4) is 5.75 Å². The van der Waals surface area contributed by atoms with Crippen LogP contribution in [0.1, 0.15) is 30.5 Å². The van der Waals surface area contributed by atoms with Crippen LogP contribution in [0.3, 0.4) is 0 Å². The molecule has 0 saturated heterocycles. The van der Waals surface area contributed by atoms with Crippen LogP contribution >= 0.6 is 0 Å². The number of alkyl halides is 6. The average Bonchev–Trinajstić information content (AvgIpc) is 3.07. The lowest BCUT2D eigenvalue weighted by molar-refractivity contribution is -0.138. The molecule has 4 N–H and O–H groups in total. The van der Waals surface area contributed by atoms with Crippen molar-refractivity contribution in [2.45, 2.75) is 44.8 Å². The maximum atomic E-state index is 13.5. The van der Waals surface area contributed by atoms with Gasteiger partial charge in [0.25, 0.3) is 0 Å². The fourth-order valence-electron chi connectivity index (χ4n) is 5.08. The molecule has 0 aliphatic carbocycles. The molecule has 3 atom stereocenters. The average molecular weight is 696 g/mol. The molecule has 0 unspecified atom stereocenters. The smallest absolute Gasteiger partial charge is 0.416 e. The van der Waals surface area contributed by atoms with E-state index in [-0.39, 0.29) is 60.8 Å². The second-order valence-electron chi connectivity index (χ2n) is 11.8. The number of fused-ring (bicyclic) bond motifs is 1. The van der Waals surface area contributed by atoms with E-state index in [0.717, 1.165) is 48.5 Å². The first-order valence-electron chi connectivity index (χ1n) is 15.1. The second kappa shape index (κ2) is 15.1. The Morgan fingerprint density at radius 2 is 1.41 bits per heavy atom. The van der Waals surface area contributed by atoms with E-state index in [1.54, 1.807) is 6.92 Å². The van der Waals surface area contributed by atoms with Crippen molar-refractivity contribution >= 4 is 35.0 Å². The summed E-state index contributed by atoms with van der Waals surface area (Å²) in [4.78, 5) is 41.9. The van der Waals surface area contributed by atoms with Crippen molar-refractivity contribution in [1.29, 1.82) is 0 Å². The summed E-state index contributed by atoms with van der Waals surface area (Å²) in [6.07, 6.45) is -9.93. The zero-order valence-electron chi connectivity index (χ0n) is 26.7. The summed E-state index contributed by atoms with van der Waals surface area (Å²) in [6, 6.07) is 10.5. The molecular formula is C33H35F6N5O5. The number of anilines is 3. The van der Waals surface area contributed by atoms with E-state index in [0.29, 0.717) is 5.56 Å². The monoisotopic (exact) mass is 695 g/mol. The molecule has 1 heterocycles. The largest absolute Gasteiger partial charge is 0.488 e. The van der Waals surface area contributed by atoms with Crippen molar-refractivity contribution in [3.05, 3.63) is 83.4 Å². The highest BCUT2D eigenvalue weighted by Crippen LogP contribution is 2.32. The Bertz CT molecular complexity index is 1630. The lowest BCUT2D eigenvalue weighted by atomic mass is 10.0. The van der Waals surface area contributed by atoms with Crippen LogP contribution in [-0.2, 0) is 23.6 Å². The lowest BCUT2D eigenvalue weighted by Gasteiger charge is -2.34. The van der Waals surface area contributed by atoms with Crippen LogP contribution in [0.2, 0.25) is 0 Å². The SMILES string of the molecule is C[C@@H]1CN([C@H](C)CO)C(=O)Cc2cc(NC(=O)Nc3ccc(C(F)(F)F)cc3)ccc2O[C@@H]1CN(C)C(=O)Nc1ccc(C(F)(F)F)cc1. The van der Waals surface area contributed by atoms with E-state index in [1.807, 2.05) is 6.92 Å². The summed E-state index contributed by atoms with van der Waals surface area (Å²) in [5.74, 6) is -0.426. The first-order chi connectivity index (χ1) is 22.9. The Hall–Kier alpha value is -4.99. The molecule has 16 heteroatoms. The molecule has 0 saturated carbocycles. The fourth-order valence-corrected chi connectivity index (χ4v) is 5.08. The minimum absolute atomic E-state index is 0.00184. The van der Waals surface area contributed by atoms with Gasteiger partial charge in [-0.25, -0.2) is 9.59 Å². The van der Waals surface area contributed by atoms with Crippen molar-refractivity contribution < 1.29 is 50.6 Å². The van der Waals surface area contributed by atoms with Crippen molar-refractivity contribution in [2.75, 3.05) is 42.7 Å². The minimum atomic E-state index is -4.53. The quantitative estimate of drug-likeness (QED) is 0.206. The Morgan fingerprint density at radius 3 is 1.94 bits per heavy atom. The summed E-state index contributed by atoms with van der Waals surface area (Å²) >= 11 is 0. The lowest BCUT2D eigenvalue weighted by Crippen LogP contribution is -2.48. The standard InChI is InChI=1S/C33H35F6N5O5/c1-19-16-44(20(2)18-45)29(46)15-21-14-26(41-30(47)40-24-8-4-22(5-9-24)32(34,35)36)12-13-27(21)49-28(19)17-43(3)31(48)42-25-10-6-23(7-11-25)33(37,38)39/h4-14,19-20,28,45H,15-18H2,1-3H3,(H,42,48)(H2,40,41,47)/t19-,20-,28-/m1/s1. The van der Waals surface area contributed by atoms with Crippen LogP contribution in [0.5, 0.6) is 5.75 Å². The highest BCUT2D eigenvalue weighted by Gasteiger charge is 2.33. The third-order valence-electron chi connectivity index (χ3n) is 7.91. The number of rotatable bonds is 7. The van der Waals surface area contributed by atoms with Crippen molar-refractivity contribution in [3.63, 3.8) is 0 Å². The summed E-state index contributed by atoms with van der Waals surface area (Å²) in [6.45, 7) is 3.32. The molecule has 10 nitrogen and oxygen atoms in total. The third-order valence-corrected chi connectivity index (χ3v) is 7.91. The molecule has 0 radical (unpaired) electrons. The predicted octanol–water partition coefficient (Wildman–Crippen LogP) is 6.68. The summed E-state index contributed by atoms with van der Waals surface area (Å²) in [5.41, 5.74) is -0.844. The van der Waals surface area contributed by atoms with Crippen LogP contribution < -0.4 is 20.7 Å². The highest BCUT2D eigenvalue weighted by molar-refractivity contribution is 6.00. The van der Waals surface area contributed by atoms with Crippen molar-refractivity contribution in [2.24, 2.45) is 5.92 Å². The molecule has 264 valence electrons. The molecular weight excluding hydrogens is 660 g/mol. The van der Waals surface area contributed by atoms with E-state index < -0.39 is 47.7 Å². The van der Waals surface area contributed by atoms with Crippen LogP contribution in [0.25, 0.3) is 0 Å². The molecule has 0 aromatic heterocycles. The van der Waals surface area contributed by atoms with Gasteiger partial charge >= 0.3 is 24.4 Å². The zero-order valence-corrected chi connectivity index (χ0v) is 26.7. The number of likely N-dealkylation sites (N-methyl/N-ethyl adjacent to an activating group) is 1. The van der Waals surface area contributed by atoms with Gasteiger partial charge in [-0.2, -0.15) is 26.3 Å². The van der Waals surface area contributed by atoms with E-state index in [2.05, 4.69) is 16.0 Å². The van der Waals surface area contributed by atoms with E-state index in [4.69, 9.17) is 4.74 Å². The number of benzene rings is 3. The van der Waals surface area contributed by atoms with Gasteiger partial charge in [0, 0.05) is 42.1 Å². The number of ether oxygens (including phenoxy) is 1. The number of carbonyl (C=O) groups is 3. The maximum absolute atomic E-state index is 13.5. The minimum Gasteiger partial charge on any atom is -0.488 e. The number of nitrogens with one attached hydrogen (secondary N) is 3. The van der Waals surface area contributed by atoms with Gasteiger partial charge < -0.3 is 35.6 Å². The summed E-state index contributed by atoms with van der Waals surface area (Å²) in [7, 11) is 1.48. The maximum Gasteiger partial charge on any atom is 0.416 e. The Labute approximate surface area is 278 Å². The predicted molar refractivity (Wildman–Crippen MR) is 169 cm³/mol. The van der Waals surface area contributed by atoms with Gasteiger partial charge in [-0.1, -0.05) is 6.92 Å². The number of nitrogens with zero attached hydrogens (tertiary/aromatic N) is 2. The number of hydrogen-bond donors (Lipinski definition) is 4. The first-order valence-corrected chi connectivity index (χ1v) is 15.1. The number of hydrogen-bond acceptors (Lipinski definition) is 5. The Kier molecular flexibility index (Phi) is 11.3. The number of halogens is 6. The van der Waals surface area contributed by atoms with Gasteiger partial charge in [0.15, 0.2) is 0 Å². The molecule has 0 spiro atoms. The summed E-state index contributed by atoms with van der Waals surface area (Å²) in [5, 5.41) is 17.4. The molecule has 5 amide bonds. The van der Waals surface area contributed by atoms with E-state index in [1.165, 1.54) is 35.0 Å². The van der Waals surface area contributed by atoms with Crippen LogP contribution in [0.4, 0.5) is 53.0 Å². The fraction of sp³-hybridized carbons (Fsp3) is 0.364. The number of aliphatic hydroxyl groups is 1. The van der Waals surface area contributed by atoms with Gasteiger partial charge in [0.2, 0.25) is 5.91 Å². The van der Waals surface area contributed by atoms with Crippen LogP contribution in [0.15, 0.2) is 66.7 Å². The van der Waals surface area contributed by atoms with Gasteiger partial charge in [-0.15, -0.1) is 0 Å². The van der Waals surface area contributed by atoms with E-state index in [9.17, 15) is 45.8 Å². The normalized spacial score (nSPS) is 17.4. The Balaban J connectivity index is 1.52. The molecule has 3 aromatic rings. The highest BCUT2D eigenvalue weighted by atomic mass is 19.4. The number of urea groups is 2. The molecule has 1 aliphatic rings. The molecule has 3 aromatic carbocycles. The van der Waals surface area contributed by atoms with Crippen molar-refractivity contribution in [1.82, 2.24) is 9.80 Å². The van der Waals surface area contributed by atoms with Crippen LogP contribution in [0, 0.1) is 5.92 Å². The first kappa shape index (κ1) is 36.8. The molecule has 4 rings (SSSR count). The topological polar surface area (TPSA) is 123 Å². The van der Waals surface area contributed by atoms with Gasteiger partial charge in [0.05, 0.1) is 36.7 Å². The second-order valence-corrected chi connectivity index (χ2v) is 11.8. The number of amides is 5. The number of carbonyl (C=O) groups excluding carboxylic acids is 3. The Morgan fingerprint density at radius 1 is 0.898 bits per heavy atom. The molecule has 1 aliphatic heterocycles. The third kappa shape index (κ3) is 9.78. The van der Waals surface area contributed by atoms with Gasteiger partial charge in [-0.05, 0) is 73.7 Å². The van der Waals surface area contributed by atoms with Crippen LogP contribution in [-0.4, -0.2) is 71.8 Å². The summed E-state index contributed by atoms with van der Waals surface area (Å²) < 4.78 is 83.7.